The van der Waals surface area contributed by atoms with Gasteiger partial charge in [-0.3, -0.25) is 4.79 Å². The van der Waals surface area contributed by atoms with Gasteiger partial charge in [-0.2, -0.15) is 5.10 Å². The fourth-order valence-electron chi connectivity index (χ4n) is 1.82. The van der Waals surface area contributed by atoms with Gasteiger partial charge < -0.3 is 0 Å². The predicted octanol–water partition coefficient (Wildman–Crippen LogP) is 3.08. The minimum Gasteiger partial charge on any atom is -0.273 e. The molecule has 0 spiro atoms. The Balaban J connectivity index is 1.93. The Morgan fingerprint density at radius 3 is 2.35 bits per heavy atom. The average molecular weight is 266 g/mol. The Kier molecular flexibility index (Phi) is 4.66. The number of hydrogen-bond acceptors (Lipinski definition) is 2. The summed E-state index contributed by atoms with van der Waals surface area (Å²) in [5.41, 5.74) is 6.56. The van der Waals surface area contributed by atoms with Crippen molar-refractivity contribution in [3.8, 4) is 0 Å². The summed E-state index contributed by atoms with van der Waals surface area (Å²) in [6.07, 6.45) is 0.339. The van der Waals surface area contributed by atoms with E-state index in [0.717, 1.165) is 16.8 Å². The highest BCUT2D eigenvalue weighted by atomic mass is 16.2. The summed E-state index contributed by atoms with van der Waals surface area (Å²) in [5.74, 6) is -0.107. The lowest BCUT2D eigenvalue weighted by Crippen LogP contribution is -2.21. The number of aryl methyl sites for hydroxylation is 1. The van der Waals surface area contributed by atoms with Crippen LogP contribution < -0.4 is 5.43 Å². The van der Waals surface area contributed by atoms with Crippen LogP contribution in [0.4, 0.5) is 0 Å². The van der Waals surface area contributed by atoms with E-state index < -0.39 is 0 Å². The maximum Gasteiger partial charge on any atom is 0.244 e. The van der Waals surface area contributed by atoms with E-state index in [0.29, 0.717) is 6.42 Å². The number of hydrogen-bond donors (Lipinski definition) is 1. The molecule has 0 fully saturated rings. The van der Waals surface area contributed by atoms with Crippen molar-refractivity contribution in [3.05, 3.63) is 71.3 Å². The topological polar surface area (TPSA) is 41.5 Å². The molecule has 0 bridgehead atoms. The molecule has 2 aromatic rings. The minimum absolute atomic E-state index is 0.107. The first-order valence-electron chi connectivity index (χ1n) is 6.59. The van der Waals surface area contributed by atoms with Gasteiger partial charge in [0.15, 0.2) is 0 Å². The zero-order chi connectivity index (χ0) is 14.4. The van der Waals surface area contributed by atoms with E-state index >= 15 is 0 Å². The fourth-order valence-corrected chi connectivity index (χ4v) is 1.82. The molecular formula is C17H18N2O. The molecule has 0 aromatic heterocycles. The Morgan fingerprint density at radius 1 is 1.05 bits per heavy atom. The van der Waals surface area contributed by atoms with E-state index in [1.54, 1.807) is 0 Å². The van der Waals surface area contributed by atoms with E-state index in [1.165, 1.54) is 5.56 Å². The molecule has 2 aromatic carbocycles. The van der Waals surface area contributed by atoms with Crippen LogP contribution in [0.2, 0.25) is 0 Å². The lowest BCUT2D eigenvalue weighted by atomic mass is 10.1. The predicted molar refractivity (Wildman–Crippen MR) is 81.7 cm³/mol. The van der Waals surface area contributed by atoms with Gasteiger partial charge in [0.1, 0.15) is 0 Å². The van der Waals surface area contributed by atoms with E-state index in [1.807, 2.05) is 68.4 Å². The first-order chi connectivity index (χ1) is 9.65. The molecule has 0 radical (unpaired) electrons. The molecule has 1 N–H and O–H groups in total. The molecule has 1 amide bonds. The second-order valence-corrected chi connectivity index (χ2v) is 4.76. The molecule has 0 heterocycles. The van der Waals surface area contributed by atoms with Crippen LogP contribution in [0.25, 0.3) is 0 Å². The van der Waals surface area contributed by atoms with Gasteiger partial charge in [0.05, 0.1) is 12.1 Å². The van der Waals surface area contributed by atoms with Gasteiger partial charge in [-0.15, -0.1) is 0 Å². The number of hydrazone groups is 1. The standard InChI is InChI=1S/C17H18N2O/c1-13-8-10-15(11-9-13)12-17(20)19-18-14(2)16-6-4-3-5-7-16/h3-11H,12H2,1-2H3,(H,19,20)/b18-14-. The van der Waals surface area contributed by atoms with Gasteiger partial charge in [-0.1, -0.05) is 60.2 Å². The molecule has 0 aliphatic carbocycles. The summed E-state index contributed by atoms with van der Waals surface area (Å²) < 4.78 is 0. The van der Waals surface area contributed by atoms with Crippen LogP contribution in [0.1, 0.15) is 23.6 Å². The van der Waals surface area contributed by atoms with E-state index in [4.69, 9.17) is 0 Å². The van der Waals surface area contributed by atoms with Crippen molar-refractivity contribution in [1.82, 2.24) is 5.43 Å². The third-order valence-electron chi connectivity index (χ3n) is 3.03. The van der Waals surface area contributed by atoms with Crippen LogP contribution in [-0.2, 0) is 11.2 Å². The number of nitrogens with one attached hydrogen (secondary N) is 1. The van der Waals surface area contributed by atoms with E-state index in [9.17, 15) is 4.79 Å². The maximum absolute atomic E-state index is 11.8. The number of benzene rings is 2. The number of carbonyl (C=O) groups is 1. The van der Waals surface area contributed by atoms with Crippen LogP contribution in [-0.4, -0.2) is 11.6 Å². The van der Waals surface area contributed by atoms with Crippen LogP contribution in [0.3, 0.4) is 0 Å². The molecule has 0 saturated carbocycles. The molecule has 0 unspecified atom stereocenters. The average Bonchev–Trinajstić information content (AvgIpc) is 2.48. The van der Waals surface area contributed by atoms with E-state index in [-0.39, 0.29) is 5.91 Å². The summed E-state index contributed by atoms with van der Waals surface area (Å²) in [6, 6.07) is 17.7. The van der Waals surface area contributed by atoms with Gasteiger partial charge in [-0.05, 0) is 25.0 Å². The zero-order valence-corrected chi connectivity index (χ0v) is 11.8. The van der Waals surface area contributed by atoms with Crippen LogP contribution in [0.5, 0.6) is 0 Å². The maximum atomic E-state index is 11.8. The summed E-state index contributed by atoms with van der Waals surface area (Å²) in [4.78, 5) is 11.8. The lowest BCUT2D eigenvalue weighted by molar-refractivity contribution is -0.120. The van der Waals surface area contributed by atoms with Crippen molar-refractivity contribution in [2.45, 2.75) is 20.3 Å². The molecule has 2 rings (SSSR count). The smallest absolute Gasteiger partial charge is 0.244 e. The first kappa shape index (κ1) is 14.0. The number of nitrogens with zero attached hydrogens (tertiary/aromatic N) is 1. The van der Waals surface area contributed by atoms with Crippen molar-refractivity contribution >= 4 is 11.6 Å². The molecular weight excluding hydrogens is 248 g/mol. The summed E-state index contributed by atoms with van der Waals surface area (Å²) in [7, 11) is 0. The molecule has 102 valence electrons. The van der Waals surface area contributed by atoms with Gasteiger partial charge in [0.25, 0.3) is 0 Å². The monoisotopic (exact) mass is 266 g/mol. The van der Waals surface area contributed by atoms with Gasteiger partial charge >= 0.3 is 0 Å². The van der Waals surface area contributed by atoms with Crippen molar-refractivity contribution in [2.75, 3.05) is 0 Å². The summed E-state index contributed by atoms with van der Waals surface area (Å²) in [6.45, 7) is 3.90. The normalized spacial score (nSPS) is 11.2. The Hall–Kier alpha value is -2.42. The second-order valence-electron chi connectivity index (χ2n) is 4.76. The fraction of sp³-hybridized carbons (Fsp3) is 0.176. The number of rotatable bonds is 4. The highest BCUT2D eigenvalue weighted by molar-refractivity contribution is 5.99. The Labute approximate surface area is 119 Å². The number of carbonyl (C=O) groups excluding carboxylic acids is 1. The SMILES string of the molecule is C/C(=N/NC(=O)Cc1ccc(C)cc1)c1ccccc1. The van der Waals surface area contributed by atoms with Crippen LogP contribution in [0, 0.1) is 6.92 Å². The third-order valence-corrected chi connectivity index (χ3v) is 3.03. The zero-order valence-electron chi connectivity index (χ0n) is 11.8. The van der Waals surface area contributed by atoms with Gasteiger partial charge in [0.2, 0.25) is 5.91 Å². The van der Waals surface area contributed by atoms with E-state index in [2.05, 4.69) is 10.5 Å². The highest BCUT2D eigenvalue weighted by Gasteiger charge is 2.03. The molecule has 3 nitrogen and oxygen atoms in total. The largest absolute Gasteiger partial charge is 0.273 e. The molecule has 3 heteroatoms. The molecule has 0 aliphatic heterocycles. The molecule has 0 saturated heterocycles. The van der Waals surface area contributed by atoms with Crippen molar-refractivity contribution in [1.29, 1.82) is 0 Å². The highest BCUT2D eigenvalue weighted by Crippen LogP contribution is 2.04. The quantitative estimate of drug-likeness (QED) is 0.670. The molecule has 0 aliphatic rings. The van der Waals surface area contributed by atoms with Crippen LogP contribution >= 0.6 is 0 Å². The molecule has 0 atom stereocenters. The second kappa shape index (κ2) is 6.66. The van der Waals surface area contributed by atoms with Crippen molar-refractivity contribution < 1.29 is 4.79 Å². The van der Waals surface area contributed by atoms with Gasteiger partial charge in [0, 0.05) is 0 Å². The third kappa shape index (κ3) is 4.05. The lowest BCUT2D eigenvalue weighted by Gasteiger charge is -2.03. The number of amides is 1. The summed E-state index contributed by atoms with van der Waals surface area (Å²) in [5, 5.41) is 4.13. The van der Waals surface area contributed by atoms with Crippen molar-refractivity contribution in [3.63, 3.8) is 0 Å². The van der Waals surface area contributed by atoms with Crippen molar-refractivity contribution in [2.24, 2.45) is 5.10 Å². The minimum atomic E-state index is -0.107. The Morgan fingerprint density at radius 2 is 1.70 bits per heavy atom. The summed E-state index contributed by atoms with van der Waals surface area (Å²) >= 11 is 0. The van der Waals surface area contributed by atoms with Crippen LogP contribution in [0.15, 0.2) is 59.7 Å². The van der Waals surface area contributed by atoms with Gasteiger partial charge in [-0.25, -0.2) is 5.43 Å². The molecule has 20 heavy (non-hydrogen) atoms. The Bertz CT molecular complexity index is 601. The first-order valence-corrected chi connectivity index (χ1v) is 6.59.